The Labute approximate surface area is 97.0 Å². The molecule has 1 fully saturated rings. The summed E-state index contributed by atoms with van der Waals surface area (Å²) in [6.45, 7) is 2.75. The second-order valence-electron chi connectivity index (χ2n) is 3.99. The van der Waals surface area contributed by atoms with Crippen molar-refractivity contribution in [3.8, 4) is 0 Å². The van der Waals surface area contributed by atoms with Crippen LogP contribution in [-0.2, 0) is 9.47 Å². The summed E-state index contributed by atoms with van der Waals surface area (Å²) in [6.07, 6.45) is 8.36. The SMILES string of the molecule is CC=NC(=O)OCCCOC1CCCCC1. The molecule has 1 saturated carbocycles. The number of carbonyl (C=O) groups is 1. The van der Waals surface area contributed by atoms with Gasteiger partial charge in [0.25, 0.3) is 0 Å². The largest absolute Gasteiger partial charge is 0.448 e. The topological polar surface area (TPSA) is 47.9 Å². The Morgan fingerprint density at radius 3 is 2.75 bits per heavy atom. The molecule has 0 bridgehead atoms. The van der Waals surface area contributed by atoms with Crippen LogP contribution in [0.25, 0.3) is 0 Å². The summed E-state index contributed by atoms with van der Waals surface area (Å²) in [5.74, 6) is 0. The zero-order valence-corrected chi connectivity index (χ0v) is 9.98. The van der Waals surface area contributed by atoms with Crippen LogP contribution in [0, 0.1) is 0 Å². The van der Waals surface area contributed by atoms with Gasteiger partial charge >= 0.3 is 6.09 Å². The smallest absolute Gasteiger partial charge is 0.433 e. The molecular formula is C12H21NO3. The van der Waals surface area contributed by atoms with Crippen LogP contribution in [0.5, 0.6) is 0 Å². The lowest BCUT2D eigenvalue weighted by atomic mass is 9.98. The van der Waals surface area contributed by atoms with Crippen molar-refractivity contribution >= 4 is 12.3 Å². The molecule has 0 aliphatic heterocycles. The molecule has 0 aromatic carbocycles. The van der Waals surface area contributed by atoms with Gasteiger partial charge in [-0.05, 0) is 19.8 Å². The highest BCUT2D eigenvalue weighted by atomic mass is 16.5. The van der Waals surface area contributed by atoms with E-state index in [4.69, 9.17) is 9.47 Å². The Morgan fingerprint density at radius 1 is 1.31 bits per heavy atom. The van der Waals surface area contributed by atoms with Crippen LogP contribution in [0.3, 0.4) is 0 Å². The molecule has 4 heteroatoms. The molecule has 0 unspecified atom stereocenters. The maximum absolute atomic E-state index is 10.8. The van der Waals surface area contributed by atoms with Gasteiger partial charge in [0.05, 0.1) is 19.3 Å². The van der Waals surface area contributed by atoms with E-state index in [1.165, 1.54) is 38.3 Å². The molecule has 1 aliphatic carbocycles. The highest BCUT2D eigenvalue weighted by molar-refractivity contribution is 5.78. The van der Waals surface area contributed by atoms with Crippen LogP contribution >= 0.6 is 0 Å². The average Bonchev–Trinajstić information content (AvgIpc) is 2.30. The van der Waals surface area contributed by atoms with E-state index in [0.29, 0.717) is 19.3 Å². The lowest BCUT2D eigenvalue weighted by Gasteiger charge is -2.21. The first-order chi connectivity index (χ1) is 7.83. The molecule has 0 atom stereocenters. The lowest BCUT2D eigenvalue weighted by Crippen LogP contribution is -2.18. The Bertz CT molecular complexity index is 222. The molecule has 0 aromatic rings. The van der Waals surface area contributed by atoms with Gasteiger partial charge in [0.15, 0.2) is 0 Å². The number of aliphatic imine (C=N–C) groups is 1. The van der Waals surface area contributed by atoms with Gasteiger partial charge in [0.1, 0.15) is 0 Å². The van der Waals surface area contributed by atoms with E-state index < -0.39 is 6.09 Å². The van der Waals surface area contributed by atoms with Gasteiger partial charge in [0.2, 0.25) is 0 Å². The van der Waals surface area contributed by atoms with Crippen LogP contribution in [0.15, 0.2) is 4.99 Å². The van der Waals surface area contributed by atoms with Gasteiger partial charge in [-0.3, -0.25) is 0 Å². The fourth-order valence-corrected chi connectivity index (χ4v) is 1.84. The highest BCUT2D eigenvalue weighted by Gasteiger charge is 2.12. The fraction of sp³-hybridized carbons (Fsp3) is 0.833. The maximum Gasteiger partial charge on any atom is 0.433 e. The first-order valence-electron chi connectivity index (χ1n) is 6.10. The van der Waals surface area contributed by atoms with E-state index in [2.05, 4.69) is 4.99 Å². The molecular weight excluding hydrogens is 206 g/mol. The zero-order chi connectivity index (χ0) is 11.6. The van der Waals surface area contributed by atoms with Crippen molar-refractivity contribution in [3.63, 3.8) is 0 Å². The van der Waals surface area contributed by atoms with E-state index in [1.807, 2.05) is 0 Å². The molecule has 0 aromatic heterocycles. The van der Waals surface area contributed by atoms with Gasteiger partial charge in [0, 0.05) is 12.6 Å². The second-order valence-corrected chi connectivity index (χ2v) is 3.99. The summed E-state index contributed by atoms with van der Waals surface area (Å²) in [5.41, 5.74) is 0. The van der Waals surface area contributed by atoms with E-state index >= 15 is 0 Å². The van der Waals surface area contributed by atoms with Gasteiger partial charge in [-0.2, -0.15) is 4.99 Å². The number of ether oxygens (including phenoxy) is 2. The summed E-state index contributed by atoms with van der Waals surface area (Å²) in [7, 11) is 0. The zero-order valence-electron chi connectivity index (χ0n) is 9.98. The number of nitrogens with zero attached hydrogens (tertiary/aromatic N) is 1. The predicted octanol–water partition coefficient (Wildman–Crippen LogP) is 2.95. The molecule has 0 heterocycles. The molecule has 4 nitrogen and oxygen atoms in total. The standard InChI is InChI=1S/C12H21NO3/c1-2-13-12(14)16-10-6-9-15-11-7-4-3-5-8-11/h2,11H,3-10H2,1H3. The Morgan fingerprint density at radius 2 is 2.06 bits per heavy atom. The molecule has 0 radical (unpaired) electrons. The van der Waals surface area contributed by atoms with Gasteiger partial charge in [-0.1, -0.05) is 19.3 Å². The monoisotopic (exact) mass is 227 g/mol. The summed E-state index contributed by atoms with van der Waals surface area (Å²) in [6, 6.07) is 0. The number of amides is 1. The molecule has 0 N–H and O–H groups in total. The van der Waals surface area contributed by atoms with Crippen molar-refractivity contribution < 1.29 is 14.3 Å². The molecule has 0 spiro atoms. The first-order valence-corrected chi connectivity index (χ1v) is 6.10. The molecule has 92 valence electrons. The van der Waals surface area contributed by atoms with Crippen molar-refractivity contribution in [1.82, 2.24) is 0 Å². The second kappa shape index (κ2) is 8.28. The Balaban J connectivity index is 1.93. The Kier molecular flexibility index (Phi) is 6.81. The number of rotatable bonds is 5. The maximum atomic E-state index is 10.8. The first kappa shape index (κ1) is 13.2. The summed E-state index contributed by atoms with van der Waals surface area (Å²) >= 11 is 0. The minimum atomic E-state index is -0.514. The third-order valence-electron chi connectivity index (χ3n) is 2.65. The normalized spacial score (nSPS) is 17.8. The molecule has 1 amide bonds. The van der Waals surface area contributed by atoms with Gasteiger partial charge in [-0.25, -0.2) is 4.79 Å². The summed E-state index contributed by atoms with van der Waals surface area (Å²) in [5, 5.41) is 0. The van der Waals surface area contributed by atoms with Gasteiger partial charge in [-0.15, -0.1) is 0 Å². The summed E-state index contributed by atoms with van der Waals surface area (Å²) < 4.78 is 10.5. The van der Waals surface area contributed by atoms with Crippen LogP contribution in [-0.4, -0.2) is 31.6 Å². The lowest BCUT2D eigenvalue weighted by molar-refractivity contribution is 0.0202. The number of hydrogen-bond acceptors (Lipinski definition) is 3. The third kappa shape index (κ3) is 5.85. The molecule has 1 rings (SSSR count). The minimum Gasteiger partial charge on any atom is -0.448 e. The van der Waals surface area contributed by atoms with Gasteiger partial charge < -0.3 is 9.47 Å². The van der Waals surface area contributed by atoms with E-state index in [1.54, 1.807) is 6.92 Å². The van der Waals surface area contributed by atoms with E-state index in [-0.39, 0.29) is 0 Å². The fourth-order valence-electron chi connectivity index (χ4n) is 1.84. The van der Waals surface area contributed by atoms with Crippen molar-refractivity contribution in [2.75, 3.05) is 13.2 Å². The quantitative estimate of drug-likeness (QED) is 0.536. The predicted molar refractivity (Wildman–Crippen MR) is 63.0 cm³/mol. The highest BCUT2D eigenvalue weighted by Crippen LogP contribution is 2.20. The van der Waals surface area contributed by atoms with Crippen LogP contribution in [0.1, 0.15) is 45.4 Å². The van der Waals surface area contributed by atoms with E-state index in [0.717, 1.165) is 6.42 Å². The van der Waals surface area contributed by atoms with Crippen molar-refractivity contribution in [2.24, 2.45) is 4.99 Å². The minimum absolute atomic E-state index is 0.392. The van der Waals surface area contributed by atoms with E-state index in [9.17, 15) is 4.79 Å². The number of carbonyl (C=O) groups excluding carboxylic acids is 1. The molecule has 0 saturated heterocycles. The van der Waals surface area contributed by atoms with Crippen molar-refractivity contribution in [3.05, 3.63) is 0 Å². The van der Waals surface area contributed by atoms with Crippen LogP contribution in [0.4, 0.5) is 4.79 Å². The molecule has 1 aliphatic rings. The van der Waals surface area contributed by atoms with Crippen LogP contribution in [0.2, 0.25) is 0 Å². The van der Waals surface area contributed by atoms with Crippen LogP contribution < -0.4 is 0 Å². The van der Waals surface area contributed by atoms with Crippen molar-refractivity contribution in [2.45, 2.75) is 51.6 Å². The Hall–Kier alpha value is -0.900. The molecule has 16 heavy (non-hydrogen) atoms. The summed E-state index contributed by atoms with van der Waals surface area (Å²) in [4.78, 5) is 14.3. The average molecular weight is 227 g/mol. The number of hydrogen-bond donors (Lipinski definition) is 0. The van der Waals surface area contributed by atoms with Crippen molar-refractivity contribution in [1.29, 1.82) is 0 Å². The third-order valence-corrected chi connectivity index (χ3v) is 2.65.